The molecule has 9 heteroatoms. The van der Waals surface area contributed by atoms with Crippen LogP contribution in [0.15, 0.2) is 6.33 Å². The zero-order valence-electron chi connectivity index (χ0n) is 12.0. The minimum absolute atomic E-state index is 0.284. The first-order valence-electron chi connectivity index (χ1n) is 6.82. The summed E-state index contributed by atoms with van der Waals surface area (Å²) >= 11 is 0. The van der Waals surface area contributed by atoms with Gasteiger partial charge in [-0.25, -0.2) is 15.0 Å². The number of nitrogens with zero attached hydrogens (tertiary/aromatic N) is 4. The molecule has 2 aromatic rings. The molecule has 1 saturated heterocycles. The van der Waals surface area contributed by atoms with Crippen molar-refractivity contribution < 1.29 is 23.0 Å². The monoisotopic (exact) mass is 316 g/mol. The van der Waals surface area contributed by atoms with Crippen LogP contribution in [0.1, 0.15) is 24.2 Å². The first kappa shape index (κ1) is 15.2. The lowest BCUT2D eigenvalue weighted by Crippen LogP contribution is -2.28. The summed E-state index contributed by atoms with van der Waals surface area (Å²) in [6.45, 7) is 2.93. The van der Waals surface area contributed by atoms with Crippen LogP contribution in [0.25, 0.3) is 11.2 Å². The van der Waals surface area contributed by atoms with Crippen molar-refractivity contribution in [3.8, 4) is 0 Å². The van der Waals surface area contributed by atoms with Crippen LogP contribution in [-0.2, 0) is 4.74 Å². The van der Waals surface area contributed by atoms with Crippen LogP contribution in [0.2, 0.25) is 0 Å². The van der Waals surface area contributed by atoms with Crippen molar-refractivity contribution >= 4 is 11.2 Å². The molecule has 3 rings (SSSR count). The lowest BCUT2D eigenvalue weighted by Gasteiger charge is -2.22. The molecule has 0 amide bonds. The fourth-order valence-corrected chi connectivity index (χ4v) is 2.80. The van der Waals surface area contributed by atoms with E-state index in [0.717, 1.165) is 0 Å². The van der Waals surface area contributed by atoms with Gasteiger partial charge in [0.25, 0.3) is 0 Å². The number of halogens is 3. The van der Waals surface area contributed by atoms with Gasteiger partial charge < -0.3 is 9.84 Å². The van der Waals surface area contributed by atoms with Gasteiger partial charge in [0, 0.05) is 0 Å². The molecular formula is C13H15F3N4O2. The van der Waals surface area contributed by atoms with E-state index in [9.17, 15) is 13.2 Å². The number of rotatable bonds is 2. The summed E-state index contributed by atoms with van der Waals surface area (Å²) in [5.41, 5.74) is 1.35. The fourth-order valence-electron chi connectivity index (χ4n) is 2.80. The van der Waals surface area contributed by atoms with Gasteiger partial charge in [0.05, 0.1) is 24.7 Å². The predicted octanol–water partition coefficient (Wildman–Crippen LogP) is 1.90. The molecule has 1 N–H and O–H groups in total. The third-order valence-corrected chi connectivity index (χ3v) is 3.80. The van der Waals surface area contributed by atoms with E-state index in [1.807, 2.05) is 0 Å². The van der Waals surface area contributed by atoms with E-state index >= 15 is 0 Å². The number of alkyl halides is 3. The first-order valence-corrected chi connectivity index (χ1v) is 6.82. The Bertz CT molecular complexity index is 700. The largest absolute Gasteiger partial charge is 0.396 e. The highest BCUT2D eigenvalue weighted by Crippen LogP contribution is 2.45. The molecule has 1 fully saturated rings. The second kappa shape index (κ2) is 5.17. The van der Waals surface area contributed by atoms with E-state index in [-0.39, 0.29) is 6.42 Å². The number of aliphatic hydroxyl groups excluding tert-OH is 1. The average molecular weight is 316 g/mol. The summed E-state index contributed by atoms with van der Waals surface area (Å²) in [4.78, 5) is 12.4. The Kier molecular flexibility index (Phi) is 3.56. The van der Waals surface area contributed by atoms with Gasteiger partial charge >= 0.3 is 6.18 Å². The van der Waals surface area contributed by atoms with Gasteiger partial charge in [0.2, 0.25) is 0 Å². The van der Waals surface area contributed by atoms with Crippen LogP contribution in [0.3, 0.4) is 0 Å². The Morgan fingerprint density at radius 3 is 2.73 bits per heavy atom. The van der Waals surface area contributed by atoms with Gasteiger partial charge in [-0.2, -0.15) is 13.2 Å². The Hall–Kier alpha value is -1.74. The van der Waals surface area contributed by atoms with E-state index in [1.165, 1.54) is 10.9 Å². The van der Waals surface area contributed by atoms with E-state index in [2.05, 4.69) is 15.0 Å². The second-order valence-electron chi connectivity index (χ2n) is 5.40. The second-order valence-corrected chi connectivity index (χ2v) is 5.40. The van der Waals surface area contributed by atoms with Gasteiger partial charge in [-0.3, -0.25) is 4.57 Å². The number of aryl methyl sites for hydroxylation is 2. The lowest BCUT2D eigenvalue weighted by atomic mass is 10.0. The van der Waals surface area contributed by atoms with Crippen molar-refractivity contribution in [2.75, 3.05) is 6.61 Å². The Morgan fingerprint density at radius 1 is 1.36 bits per heavy atom. The fraction of sp³-hybridized carbons (Fsp3) is 0.615. The standard InChI is InChI=1S/C13H15F3N4O2/c1-6-10-11(19-7(2)18-6)20(5-17-10)12-9(13(14,15)16)3-8(4-21)22-12/h5,8-9,12,21H,3-4H2,1-2H3/t8-,9-,12+/m0/s1. The molecule has 6 nitrogen and oxygen atoms in total. The van der Waals surface area contributed by atoms with Crippen LogP contribution in [-0.4, -0.2) is 43.5 Å². The number of hydrogen-bond acceptors (Lipinski definition) is 5. The number of imidazole rings is 1. The molecule has 1 aliphatic heterocycles. The summed E-state index contributed by atoms with van der Waals surface area (Å²) in [6, 6.07) is 0. The van der Waals surface area contributed by atoms with Gasteiger partial charge in [0.15, 0.2) is 5.65 Å². The molecule has 0 bridgehead atoms. The minimum atomic E-state index is -4.43. The van der Waals surface area contributed by atoms with Crippen LogP contribution >= 0.6 is 0 Å². The number of ether oxygens (including phenoxy) is 1. The lowest BCUT2D eigenvalue weighted by molar-refractivity contribution is -0.197. The first-order chi connectivity index (χ1) is 10.3. The van der Waals surface area contributed by atoms with Crippen LogP contribution in [0.4, 0.5) is 13.2 Å². The third-order valence-electron chi connectivity index (χ3n) is 3.80. The Balaban J connectivity index is 2.09. The summed E-state index contributed by atoms with van der Waals surface area (Å²) in [7, 11) is 0. The van der Waals surface area contributed by atoms with Gasteiger partial charge in [-0.1, -0.05) is 0 Å². The molecular weight excluding hydrogens is 301 g/mol. The molecule has 3 heterocycles. The zero-order chi connectivity index (χ0) is 16.1. The smallest absolute Gasteiger partial charge is 0.394 e. The van der Waals surface area contributed by atoms with Gasteiger partial charge in [-0.15, -0.1) is 0 Å². The van der Waals surface area contributed by atoms with Crippen molar-refractivity contribution in [3.63, 3.8) is 0 Å². The molecule has 0 aromatic carbocycles. The maximum Gasteiger partial charge on any atom is 0.396 e. The van der Waals surface area contributed by atoms with Crippen molar-refractivity contribution in [2.45, 2.75) is 38.8 Å². The molecule has 0 saturated carbocycles. The molecule has 1 aliphatic rings. The molecule has 22 heavy (non-hydrogen) atoms. The van der Waals surface area contributed by atoms with Crippen LogP contribution in [0.5, 0.6) is 0 Å². The number of fused-ring (bicyclic) bond motifs is 1. The van der Waals surface area contributed by atoms with E-state index in [0.29, 0.717) is 22.7 Å². The molecule has 120 valence electrons. The average Bonchev–Trinajstić information content (AvgIpc) is 3.00. The maximum absolute atomic E-state index is 13.2. The highest BCUT2D eigenvalue weighted by Gasteiger charge is 2.52. The number of hydrogen-bond donors (Lipinski definition) is 1. The summed E-state index contributed by atoms with van der Waals surface area (Å²) < 4.78 is 46.4. The molecule has 0 spiro atoms. The molecule has 0 unspecified atom stereocenters. The van der Waals surface area contributed by atoms with E-state index < -0.39 is 31.0 Å². The summed E-state index contributed by atoms with van der Waals surface area (Å²) in [5.74, 6) is -1.26. The SMILES string of the molecule is Cc1nc(C)c2ncn([C@@H]3O[C@H](CO)C[C@@H]3C(F)(F)F)c2n1. The van der Waals surface area contributed by atoms with E-state index in [1.54, 1.807) is 13.8 Å². The zero-order valence-corrected chi connectivity index (χ0v) is 12.0. The number of aliphatic hydroxyl groups is 1. The minimum Gasteiger partial charge on any atom is -0.394 e. The Labute approximate surface area is 124 Å². The van der Waals surface area contributed by atoms with Gasteiger partial charge in [-0.05, 0) is 20.3 Å². The predicted molar refractivity (Wildman–Crippen MR) is 70.0 cm³/mol. The summed E-state index contributed by atoms with van der Waals surface area (Å²) in [6.07, 6.45) is -5.56. The van der Waals surface area contributed by atoms with Crippen LogP contribution < -0.4 is 0 Å². The number of aromatic nitrogens is 4. The van der Waals surface area contributed by atoms with E-state index in [4.69, 9.17) is 9.84 Å². The topological polar surface area (TPSA) is 73.1 Å². The molecule has 0 radical (unpaired) electrons. The van der Waals surface area contributed by atoms with Crippen molar-refractivity contribution in [1.29, 1.82) is 0 Å². The molecule has 0 aliphatic carbocycles. The Morgan fingerprint density at radius 2 is 2.09 bits per heavy atom. The van der Waals surface area contributed by atoms with Gasteiger partial charge in [0.1, 0.15) is 23.5 Å². The highest BCUT2D eigenvalue weighted by atomic mass is 19.4. The van der Waals surface area contributed by atoms with Crippen LogP contribution in [0, 0.1) is 19.8 Å². The van der Waals surface area contributed by atoms with Crippen molar-refractivity contribution in [1.82, 2.24) is 19.5 Å². The van der Waals surface area contributed by atoms with Crippen molar-refractivity contribution in [3.05, 3.63) is 17.8 Å². The normalized spacial score (nSPS) is 26.0. The highest BCUT2D eigenvalue weighted by molar-refractivity contribution is 5.73. The molecule has 2 aromatic heterocycles. The quantitative estimate of drug-likeness (QED) is 0.916. The third kappa shape index (κ3) is 2.44. The summed E-state index contributed by atoms with van der Waals surface area (Å²) in [5, 5.41) is 9.12. The van der Waals surface area contributed by atoms with Crippen molar-refractivity contribution in [2.24, 2.45) is 5.92 Å². The maximum atomic E-state index is 13.2. The molecule has 3 atom stereocenters.